The van der Waals surface area contributed by atoms with Crippen molar-refractivity contribution < 1.29 is 28.9 Å². The van der Waals surface area contributed by atoms with Crippen LogP contribution in [-0.2, 0) is 22.4 Å². The molecule has 0 aliphatic heterocycles. The number of nitrogens with zero attached hydrogens (tertiary/aromatic N) is 2. The van der Waals surface area contributed by atoms with Gasteiger partial charge in [0.2, 0.25) is 11.8 Å². The molecule has 1 amide bonds. The number of carbonyl (C=O) groups excluding carboxylic acids is 1. The third-order valence-corrected chi connectivity index (χ3v) is 5.36. The summed E-state index contributed by atoms with van der Waals surface area (Å²) in [6.07, 6.45) is -0.0347. The lowest BCUT2D eigenvalue weighted by Crippen LogP contribution is -2.21. The number of aliphatic carboxylic acids is 1. The standard InChI is InChI=1S/C24H27N3O6S/c1-15(9-17-7-5-4-6-8-17)32-20-10-18(11-21(26-20)33-16(2)13-31-3)23(30)27-24-25-19(14-34-24)12-22(28)29/h4-8,10-11,14-16H,9,12-13H2,1-3H3,(H,28,29)(H,25,27,30). The fourth-order valence-electron chi connectivity index (χ4n) is 3.17. The molecule has 0 radical (unpaired) electrons. The first kappa shape index (κ1) is 25.1. The van der Waals surface area contributed by atoms with Gasteiger partial charge in [-0.1, -0.05) is 30.3 Å². The molecule has 10 heteroatoms. The highest BCUT2D eigenvalue weighted by Gasteiger charge is 2.17. The molecule has 3 aromatic rings. The summed E-state index contributed by atoms with van der Waals surface area (Å²) in [6.45, 7) is 4.11. The fraction of sp³-hybridized carbons (Fsp3) is 0.333. The topological polar surface area (TPSA) is 120 Å². The van der Waals surface area contributed by atoms with Crippen LogP contribution in [0.1, 0.15) is 35.5 Å². The molecule has 34 heavy (non-hydrogen) atoms. The molecule has 3 rings (SSSR count). The predicted molar refractivity (Wildman–Crippen MR) is 128 cm³/mol. The summed E-state index contributed by atoms with van der Waals surface area (Å²) in [7, 11) is 1.57. The van der Waals surface area contributed by atoms with Crippen LogP contribution in [0.15, 0.2) is 47.8 Å². The minimum Gasteiger partial charge on any atom is -0.481 e. The van der Waals surface area contributed by atoms with Crippen LogP contribution in [-0.4, -0.2) is 52.9 Å². The van der Waals surface area contributed by atoms with E-state index in [1.54, 1.807) is 12.5 Å². The minimum atomic E-state index is -0.990. The number of amides is 1. The summed E-state index contributed by atoms with van der Waals surface area (Å²) in [5.74, 6) is -0.953. The lowest BCUT2D eigenvalue weighted by molar-refractivity contribution is -0.136. The monoisotopic (exact) mass is 485 g/mol. The number of ether oxygens (including phenoxy) is 3. The van der Waals surface area contributed by atoms with Gasteiger partial charge in [-0.05, 0) is 19.4 Å². The third-order valence-electron chi connectivity index (χ3n) is 4.56. The first-order chi connectivity index (χ1) is 16.3. The Morgan fingerprint density at radius 2 is 1.74 bits per heavy atom. The van der Waals surface area contributed by atoms with Gasteiger partial charge >= 0.3 is 5.97 Å². The van der Waals surface area contributed by atoms with Crippen LogP contribution in [0.5, 0.6) is 11.8 Å². The van der Waals surface area contributed by atoms with Gasteiger partial charge < -0.3 is 19.3 Å². The van der Waals surface area contributed by atoms with Gasteiger partial charge in [-0.25, -0.2) is 4.98 Å². The molecular weight excluding hydrogens is 458 g/mol. The lowest BCUT2D eigenvalue weighted by Gasteiger charge is -2.17. The van der Waals surface area contributed by atoms with E-state index in [9.17, 15) is 9.59 Å². The van der Waals surface area contributed by atoms with E-state index in [1.165, 1.54) is 12.1 Å². The molecule has 2 atom stereocenters. The number of pyridine rings is 1. The van der Waals surface area contributed by atoms with Crippen molar-refractivity contribution in [3.05, 3.63) is 64.7 Å². The Bertz CT molecular complexity index is 1110. The SMILES string of the molecule is COCC(C)Oc1cc(C(=O)Nc2nc(CC(=O)O)cs2)cc(OC(C)Cc2ccccc2)n1. The zero-order valence-electron chi connectivity index (χ0n) is 19.2. The number of carboxylic acid groups (broad SMARTS) is 1. The van der Waals surface area contributed by atoms with E-state index < -0.39 is 11.9 Å². The summed E-state index contributed by atoms with van der Waals surface area (Å²) in [5.41, 5.74) is 1.76. The summed E-state index contributed by atoms with van der Waals surface area (Å²) >= 11 is 1.15. The summed E-state index contributed by atoms with van der Waals surface area (Å²) in [5, 5.41) is 13.5. The Labute approximate surface area is 201 Å². The normalized spacial score (nSPS) is 12.6. The van der Waals surface area contributed by atoms with Crippen LogP contribution in [0.4, 0.5) is 5.13 Å². The van der Waals surface area contributed by atoms with E-state index in [1.807, 2.05) is 44.2 Å². The maximum absolute atomic E-state index is 12.9. The van der Waals surface area contributed by atoms with Crippen molar-refractivity contribution in [2.45, 2.75) is 38.9 Å². The summed E-state index contributed by atoms with van der Waals surface area (Å²) in [4.78, 5) is 32.3. The van der Waals surface area contributed by atoms with Crippen LogP contribution < -0.4 is 14.8 Å². The number of carbonyl (C=O) groups is 2. The first-order valence-electron chi connectivity index (χ1n) is 10.7. The average molecular weight is 486 g/mol. The van der Waals surface area contributed by atoms with E-state index in [-0.39, 0.29) is 36.0 Å². The first-order valence-corrected chi connectivity index (χ1v) is 11.6. The van der Waals surface area contributed by atoms with Gasteiger partial charge in [0.05, 0.1) is 24.3 Å². The molecule has 9 nitrogen and oxygen atoms in total. The number of thiazole rings is 1. The number of hydrogen-bond acceptors (Lipinski definition) is 8. The van der Waals surface area contributed by atoms with Crippen LogP contribution in [0, 0.1) is 0 Å². The van der Waals surface area contributed by atoms with Gasteiger partial charge in [0, 0.05) is 31.0 Å². The highest BCUT2D eigenvalue weighted by Crippen LogP contribution is 2.23. The molecule has 0 saturated heterocycles. The highest BCUT2D eigenvalue weighted by molar-refractivity contribution is 7.14. The molecule has 0 fully saturated rings. The van der Waals surface area contributed by atoms with Crippen molar-refractivity contribution in [3.63, 3.8) is 0 Å². The van der Waals surface area contributed by atoms with Crippen molar-refractivity contribution >= 4 is 28.3 Å². The number of nitrogens with one attached hydrogen (secondary N) is 1. The molecule has 1 aromatic carbocycles. The number of aromatic nitrogens is 2. The molecule has 2 heterocycles. The second kappa shape index (κ2) is 12.1. The van der Waals surface area contributed by atoms with Gasteiger partial charge in [-0.15, -0.1) is 11.3 Å². The maximum atomic E-state index is 12.9. The Balaban J connectivity index is 1.77. The number of hydrogen-bond donors (Lipinski definition) is 2. The Morgan fingerprint density at radius 3 is 2.38 bits per heavy atom. The van der Waals surface area contributed by atoms with E-state index in [4.69, 9.17) is 19.3 Å². The Kier molecular flexibility index (Phi) is 8.94. The largest absolute Gasteiger partial charge is 0.481 e. The lowest BCUT2D eigenvalue weighted by atomic mass is 10.1. The zero-order valence-corrected chi connectivity index (χ0v) is 20.0. The molecule has 0 aliphatic rings. The Morgan fingerprint density at radius 1 is 1.06 bits per heavy atom. The highest BCUT2D eigenvalue weighted by atomic mass is 32.1. The molecule has 180 valence electrons. The van der Waals surface area contributed by atoms with Crippen LogP contribution >= 0.6 is 11.3 Å². The van der Waals surface area contributed by atoms with Gasteiger partial charge in [-0.2, -0.15) is 4.98 Å². The second-order valence-electron chi connectivity index (χ2n) is 7.70. The number of rotatable bonds is 12. The number of benzene rings is 1. The number of anilines is 1. The van der Waals surface area contributed by atoms with Crippen molar-refractivity contribution in [1.82, 2.24) is 9.97 Å². The molecule has 0 saturated carbocycles. The van der Waals surface area contributed by atoms with E-state index >= 15 is 0 Å². The van der Waals surface area contributed by atoms with Crippen LogP contribution in [0.3, 0.4) is 0 Å². The molecule has 2 N–H and O–H groups in total. The smallest absolute Gasteiger partial charge is 0.309 e. The molecule has 0 spiro atoms. The van der Waals surface area contributed by atoms with Gasteiger partial charge in [-0.3, -0.25) is 14.9 Å². The quantitative estimate of drug-likeness (QED) is 0.397. The molecule has 2 unspecified atom stereocenters. The molecule has 0 bridgehead atoms. The molecule has 0 aliphatic carbocycles. The van der Waals surface area contributed by atoms with E-state index in [0.29, 0.717) is 23.9 Å². The van der Waals surface area contributed by atoms with Crippen LogP contribution in [0.2, 0.25) is 0 Å². The minimum absolute atomic E-state index is 0.199. The molecular formula is C24H27N3O6S. The van der Waals surface area contributed by atoms with Crippen LogP contribution in [0.25, 0.3) is 0 Å². The van der Waals surface area contributed by atoms with Gasteiger partial charge in [0.25, 0.3) is 5.91 Å². The summed E-state index contributed by atoms with van der Waals surface area (Å²) < 4.78 is 16.9. The zero-order chi connectivity index (χ0) is 24.5. The predicted octanol–water partition coefficient (Wildman–Crippen LogP) is 3.84. The fourth-order valence-corrected chi connectivity index (χ4v) is 3.88. The maximum Gasteiger partial charge on any atom is 0.309 e. The van der Waals surface area contributed by atoms with Gasteiger partial charge in [0.1, 0.15) is 12.2 Å². The number of methoxy groups -OCH3 is 1. The van der Waals surface area contributed by atoms with Crippen molar-refractivity contribution in [2.24, 2.45) is 0 Å². The number of carboxylic acids is 1. The van der Waals surface area contributed by atoms with Crippen molar-refractivity contribution in [2.75, 3.05) is 19.0 Å². The molecule has 2 aromatic heterocycles. The van der Waals surface area contributed by atoms with Crippen molar-refractivity contribution in [1.29, 1.82) is 0 Å². The average Bonchev–Trinajstić information content (AvgIpc) is 3.20. The third kappa shape index (κ3) is 7.82. The van der Waals surface area contributed by atoms with Gasteiger partial charge in [0.15, 0.2) is 5.13 Å². The van der Waals surface area contributed by atoms with E-state index in [0.717, 1.165) is 16.9 Å². The van der Waals surface area contributed by atoms with Crippen molar-refractivity contribution in [3.8, 4) is 11.8 Å². The van der Waals surface area contributed by atoms with E-state index in [2.05, 4.69) is 15.3 Å². The summed E-state index contributed by atoms with van der Waals surface area (Å²) in [6, 6.07) is 13.0. The Hall–Kier alpha value is -3.50. The second-order valence-corrected chi connectivity index (χ2v) is 8.56.